The third-order valence-electron chi connectivity index (χ3n) is 1.91. The first-order chi connectivity index (χ1) is 8.15. The summed E-state index contributed by atoms with van der Waals surface area (Å²) in [5.41, 5.74) is 0.610. The Bertz CT molecular complexity index is 379. The van der Waals surface area contributed by atoms with Gasteiger partial charge in [0.05, 0.1) is 6.10 Å². The monoisotopic (exact) mass is 184 g/mol. The second-order valence-electron chi connectivity index (χ2n) is 2.91. The fourth-order valence-corrected chi connectivity index (χ4v) is 1.13. The van der Waals surface area contributed by atoms with Crippen molar-refractivity contribution in [3.05, 3.63) is 35.9 Å². The molecule has 72 valence electrons. The van der Waals surface area contributed by atoms with Crippen LogP contribution in [0.5, 0.6) is 0 Å². The molecule has 2 heteroatoms. The topological polar surface area (TPSA) is 32.3 Å². The summed E-state index contributed by atoms with van der Waals surface area (Å²) < 4.78 is 36.2. The molecule has 0 saturated carbocycles. The highest BCUT2D eigenvalue weighted by Crippen LogP contribution is 2.15. The van der Waals surface area contributed by atoms with Gasteiger partial charge in [-0.15, -0.1) is 0 Å². The third kappa shape index (κ3) is 2.83. The lowest BCUT2D eigenvalue weighted by molar-refractivity contribution is 0.137. The summed E-state index contributed by atoms with van der Waals surface area (Å²) in [5.74, 6) is 0. The molecule has 0 aliphatic rings. The van der Waals surface area contributed by atoms with E-state index in [9.17, 15) is 5.11 Å². The van der Waals surface area contributed by atoms with Crippen LogP contribution in [0.4, 0.5) is 0 Å². The van der Waals surface area contributed by atoms with Gasteiger partial charge in [0.1, 0.15) is 0 Å². The zero-order chi connectivity index (χ0) is 14.0. The van der Waals surface area contributed by atoms with Gasteiger partial charge in [0.15, 0.2) is 0 Å². The van der Waals surface area contributed by atoms with Crippen molar-refractivity contribution in [1.82, 2.24) is 5.32 Å². The van der Waals surface area contributed by atoms with Crippen molar-refractivity contribution in [2.75, 3.05) is 6.50 Å². The highest BCUT2D eigenvalue weighted by Gasteiger charge is 2.13. The zero-order valence-electron chi connectivity index (χ0n) is 12.5. The van der Waals surface area contributed by atoms with E-state index in [2.05, 4.69) is 5.32 Å². The molecule has 0 aliphatic heterocycles. The van der Waals surface area contributed by atoms with Crippen LogP contribution < -0.4 is 5.32 Å². The maximum Gasteiger partial charge on any atom is 0.0940 e. The highest BCUT2D eigenvalue weighted by atomic mass is 16.3. The summed E-state index contributed by atoms with van der Waals surface area (Å²) in [6.45, 7) is -3.78. The van der Waals surface area contributed by atoms with Crippen LogP contribution in [0, 0.1) is 0 Å². The Morgan fingerprint density at radius 1 is 1.54 bits per heavy atom. The molecule has 0 radical (unpaired) electrons. The molecule has 2 atom stereocenters. The summed E-state index contributed by atoms with van der Waals surface area (Å²) in [5, 5.41) is 12.3. The minimum Gasteiger partial charge on any atom is -0.387 e. The van der Waals surface area contributed by atoms with E-state index in [-0.39, 0.29) is 0 Å². The van der Waals surface area contributed by atoms with E-state index >= 15 is 0 Å². The van der Waals surface area contributed by atoms with Crippen LogP contribution in [0.3, 0.4) is 0 Å². The van der Waals surface area contributed by atoms with E-state index in [4.69, 9.17) is 6.85 Å². The number of rotatable bonds is 4. The summed E-state index contributed by atoms with van der Waals surface area (Å²) >= 11 is 0. The number of likely N-dealkylation sites (N-methyl/N-ethyl adjacent to an activating group) is 1. The summed E-state index contributed by atoms with van der Waals surface area (Å²) in [6, 6.07) is 7.99. The normalized spacial score (nSPS) is 23.1. The first-order valence-corrected chi connectivity index (χ1v) is 4.16. The van der Waals surface area contributed by atoms with Gasteiger partial charge in [-0.2, -0.15) is 0 Å². The average Bonchev–Trinajstić information content (AvgIpc) is 2.27. The second-order valence-corrected chi connectivity index (χ2v) is 2.91. The van der Waals surface area contributed by atoms with Gasteiger partial charge in [-0.3, -0.25) is 0 Å². The van der Waals surface area contributed by atoms with E-state index in [1.807, 2.05) is 0 Å². The Kier molecular flexibility index (Phi) is 1.97. The smallest absolute Gasteiger partial charge is 0.0940 e. The third-order valence-corrected chi connectivity index (χ3v) is 1.91. The van der Waals surface area contributed by atoms with Gasteiger partial charge in [0.2, 0.25) is 0 Å². The average molecular weight is 184 g/mol. The molecule has 1 aromatic carbocycles. The predicted molar refractivity (Wildman–Crippen MR) is 54.5 cm³/mol. The SMILES string of the molecule is [2H]C([2H])([2H])C([2H])([2H])N[C@@H](C)[C@H](O)c1ccccc1. The van der Waals surface area contributed by atoms with E-state index in [0.29, 0.717) is 5.56 Å². The molecule has 0 bridgehead atoms. The molecule has 1 aromatic rings. The van der Waals surface area contributed by atoms with Crippen LogP contribution in [0.15, 0.2) is 30.3 Å². The number of aliphatic hydroxyl groups is 1. The molecular formula is C11H17NO. The van der Waals surface area contributed by atoms with Crippen molar-refractivity contribution >= 4 is 0 Å². The molecule has 0 spiro atoms. The fourth-order valence-electron chi connectivity index (χ4n) is 1.13. The Labute approximate surface area is 86.6 Å². The molecule has 1 rings (SSSR count). The molecule has 2 nitrogen and oxygen atoms in total. The van der Waals surface area contributed by atoms with Gasteiger partial charge < -0.3 is 10.4 Å². The molecule has 13 heavy (non-hydrogen) atoms. The Balaban J connectivity index is 2.75. The minimum absolute atomic E-state index is 0.610. The predicted octanol–water partition coefficient (Wildman–Crippen LogP) is 1.72. The summed E-state index contributed by atoms with van der Waals surface area (Å²) in [6.07, 6.45) is -0.969. The van der Waals surface area contributed by atoms with Crippen LogP contribution in [0.2, 0.25) is 0 Å². The number of benzene rings is 1. The van der Waals surface area contributed by atoms with Crippen LogP contribution in [-0.4, -0.2) is 17.6 Å². The molecule has 0 fully saturated rings. The maximum atomic E-state index is 10.0. The largest absolute Gasteiger partial charge is 0.387 e. The van der Waals surface area contributed by atoms with Crippen molar-refractivity contribution in [2.24, 2.45) is 0 Å². The van der Waals surface area contributed by atoms with Gasteiger partial charge in [0, 0.05) is 12.9 Å². The molecule has 2 N–H and O–H groups in total. The van der Waals surface area contributed by atoms with Crippen molar-refractivity contribution in [3.8, 4) is 0 Å². The Hall–Kier alpha value is -0.860. The van der Waals surface area contributed by atoms with Gasteiger partial charge >= 0.3 is 0 Å². The van der Waals surface area contributed by atoms with Crippen molar-refractivity contribution < 1.29 is 12.0 Å². The Morgan fingerprint density at radius 2 is 2.23 bits per heavy atom. The summed E-state index contributed by atoms with van der Waals surface area (Å²) in [7, 11) is 0. The van der Waals surface area contributed by atoms with Crippen LogP contribution in [0.25, 0.3) is 0 Å². The lowest BCUT2D eigenvalue weighted by Crippen LogP contribution is -2.31. The number of aliphatic hydroxyl groups excluding tert-OH is 1. The quantitative estimate of drug-likeness (QED) is 0.746. The van der Waals surface area contributed by atoms with Gasteiger partial charge in [-0.05, 0) is 19.0 Å². The lowest BCUT2D eigenvalue weighted by atomic mass is 10.0. The van der Waals surface area contributed by atoms with Crippen LogP contribution in [0.1, 0.15) is 32.3 Å². The van der Waals surface area contributed by atoms with Crippen LogP contribution in [-0.2, 0) is 0 Å². The van der Waals surface area contributed by atoms with E-state index in [0.717, 1.165) is 0 Å². The number of hydrogen-bond acceptors (Lipinski definition) is 2. The van der Waals surface area contributed by atoms with Gasteiger partial charge in [-0.1, -0.05) is 37.2 Å². The fraction of sp³-hybridized carbons (Fsp3) is 0.455. The maximum absolute atomic E-state index is 10.0. The first-order valence-electron chi connectivity index (χ1n) is 6.66. The van der Waals surface area contributed by atoms with E-state index in [1.165, 1.54) is 0 Å². The first kappa shape index (κ1) is 5.13. The van der Waals surface area contributed by atoms with Crippen molar-refractivity contribution in [2.45, 2.75) is 25.9 Å². The number of hydrogen-bond donors (Lipinski definition) is 2. The standard InChI is InChI=1S/C11H17NO/c1-3-12-9(2)11(13)10-7-5-4-6-8-10/h4-9,11-13H,3H2,1-2H3/t9-,11-/m0/s1/i1D3,3D2. The Morgan fingerprint density at radius 3 is 2.85 bits per heavy atom. The van der Waals surface area contributed by atoms with Crippen LogP contribution >= 0.6 is 0 Å². The molecular weight excluding hydrogens is 162 g/mol. The lowest BCUT2D eigenvalue weighted by Gasteiger charge is -2.19. The van der Waals surface area contributed by atoms with Gasteiger partial charge in [0.25, 0.3) is 0 Å². The molecule has 0 aliphatic carbocycles. The van der Waals surface area contributed by atoms with Crippen molar-refractivity contribution in [3.63, 3.8) is 0 Å². The second kappa shape index (κ2) is 5.00. The summed E-state index contributed by atoms with van der Waals surface area (Å²) in [4.78, 5) is 0. The molecule has 0 unspecified atom stereocenters. The van der Waals surface area contributed by atoms with Gasteiger partial charge in [-0.25, -0.2) is 0 Å². The van der Waals surface area contributed by atoms with Crippen molar-refractivity contribution in [1.29, 1.82) is 0 Å². The molecule has 0 amide bonds. The number of nitrogens with one attached hydrogen (secondary N) is 1. The van der Waals surface area contributed by atoms with E-state index < -0.39 is 25.5 Å². The highest BCUT2D eigenvalue weighted by molar-refractivity contribution is 5.18. The van der Waals surface area contributed by atoms with E-state index in [1.54, 1.807) is 37.3 Å². The zero-order valence-corrected chi connectivity index (χ0v) is 7.49. The molecule has 0 aromatic heterocycles. The molecule has 0 heterocycles. The minimum atomic E-state index is -2.78. The molecule has 0 saturated heterocycles.